The van der Waals surface area contributed by atoms with Gasteiger partial charge >= 0.3 is 0 Å². The van der Waals surface area contributed by atoms with Crippen molar-refractivity contribution in [2.45, 2.75) is 25.3 Å². The molecule has 0 amide bonds. The van der Waals surface area contributed by atoms with Crippen LogP contribution in [0.4, 0.5) is 11.6 Å². The number of aromatic amines is 1. The van der Waals surface area contributed by atoms with Gasteiger partial charge in [-0.2, -0.15) is 0 Å². The van der Waals surface area contributed by atoms with Gasteiger partial charge in [0.1, 0.15) is 5.82 Å². The van der Waals surface area contributed by atoms with Crippen molar-refractivity contribution < 1.29 is 4.74 Å². The number of nitrogens with zero attached hydrogens (tertiary/aromatic N) is 5. The number of fused-ring (bicyclic) bond motifs is 1. The molecule has 0 aliphatic carbocycles. The second kappa shape index (κ2) is 5.85. The van der Waals surface area contributed by atoms with Gasteiger partial charge in [-0.05, 0) is 31.9 Å². The first-order valence-corrected chi connectivity index (χ1v) is 8.15. The number of anilines is 2. The van der Waals surface area contributed by atoms with E-state index in [1.807, 2.05) is 0 Å². The lowest BCUT2D eigenvalue weighted by Crippen LogP contribution is -2.48. The van der Waals surface area contributed by atoms with Crippen LogP contribution >= 0.6 is 0 Å². The average molecular weight is 340 g/mol. The fraction of sp³-hybridized carbons (Fsp3) is 0.375. The van der Waals surface area contributed by atoms with Crippen molar-refractivity contribution >= 4 is 22.8 Å². The van der Waals surface area contributed by atoms with Crippen molar-refractivity contribution in [2.24, 2.45) is 5.73 Å². The molecule has 3 aromatic heterocycles. The molecule has 1 aliphatic heterocycles. The van der Waals surface area contributed by atoms with E-state index in [4.69, 9.17) is 16.2 Å². The van der Waals surface area contributed by atoms with Gasteiger partial charge in [0.25, 0.3) is 5.88 Å². The van der Waals surface area contributed by atoms with Crippen molar-refractivity contribution in [1.29, 1.82) is 0 Å². The molecule has 4 rings (SSSR count). The second-order valence-corrected chi connectivity index (χ2v) is 6.58. The van der Waals surface area contributed by atoms with Crippen LogP contribution in [0.15, 0.2) is 24.5 Å². The minimum Gasteiger partial charge on any atom is -0.432 e. The molecule has 4 heterocycles. The van der Waals surface area contributed by atoms with Crippen LogP contribution < -0.4 is 21.1 Å². The first kappa shape index (κ1) is 15.6. The van der Waals surface area contributed by atoms with E-state index in [2.05, 4.69) is 37.0 Å². The molecule has 25 heavy (non-hydrogen) atoms. The summed E-state index contributed by atoms with van der Waals surface area (Å²) in [5.74, 6) is 1.85. The van der Waals surface area contributed by atoms with E-state index < -0.39 is 0 Å². The average Bonchev–Trinajstić information content (AvgIpc) is 2.99. The van der Waals surface area contributed by atoms with E-state index in [0.717, 1.165) is 31.7 Å². The van der Waals surface area contributed by atoms with Gasteiger partial charge in [0.05, 0.1) is 6.20 Å². The normalized spacial score (nSPS) is 17.0. The van der Waals surface area contributed by atoms with Crippen LogP contribution in [0.25, 0.3) is 11.2 Å². The topological polar surface area (TPSA) is 132 Å². The van der Waals surface area contributed by atoms with E-state index >= 15 is 0 Å². The molecule has 9 nitrogen and oxygen atoms in total. The number of pyridine rings is 1. The Kier molecular flexibility index (Phi) is 3.65. The monoisotopic (exact) mass is 340 g/mol. The Balaban J connectivity index is 1.58. The third kappa shape index (κ3) is 3.05. The molecule has 1 saturated heterocycles. The van der Waals surface area contributed by atoms with E-state index in [-0.39, 0.29) is 5.54 Å². The molecule has 5 N–H and O–H groups in total. The fourth-order valence-electron chi connectivity index (χ4n) is 2.83. The van der Waals surface area contributed by atoms with Gasteiger partial charge < -0.3 is 21.1 Å². The van der Waals surface area contributed by atoms with Gasteiger partial charge in [0.15, 0.2) is 22.7 Å². The van der Waals surface area contributed by atoms with Gasteiger partial charge in [0.2, 0.25) is 0 Å². The lowest BCUT2D eigenvalue weighted by Gasteiger charge is -2.37. The number of H-pyrrole nitrogens is 1. The predicted octanol–water partition coefficient (Wildman–Crippen LogP) is 1.44. The molecular weight excluding hydrogens is 320 g/mol. The second-order valence-electron chi connectivity index (χ2n) is 6.58. The summed E-state index contributed by atoms with van der Waals surface area (Å²) < 4.78 is 5.71. The van der Waals surface area contributed by atoms with Crippen molar-refractivity contribution in [3.8, 4) is 11.6 Å². The van der Waals surface area contributed by atoms with Gasteiger partial charge in [-0.1, -0.05) is 0 Å². The maximum atomic E-state index is 6.19. The Bertz CT molecular complexity index is 896. The Labute approximate surface area is 144 Å². The number of aromatic nitrogens is 5. The molecule has 0 radical (unpaired) electrons. The molecule has 0 aromatic carbocycles. The number of ether oxygens (including phenoxy) is 1. The SMILES string of the molecule is CC1(N)CCN(c2cnc3c(Oc4cccnc4N)n[nH]c3n2)CC1. The Hall–Kier alpha value is -2.94. The summed E-state index contributed by atoms with van der Waals surface area (Å²) in [6.45, 7) is 3.80. The van der Waals surface area contributed by atoms with E-state index in [1.165, 1.54) is 0 Å². The van der Waals surface area contributed by atoms with Crippen molar-refractivity contribution in [1.82, 2.24) is 25.1 Å². The molecule has 1 fully saturated rings. The molecule has 0 spiro atoms. The van der Waals surface area contributed by atoms with Gasteiger partial charge in [-0.25, -0.2) is 15.0 Å². The van der Waals surface area contributed by atoms with Gasteiger partial charge in [0, 0.05) is 24.8 Å². The summed E-state index contributed by atoms with van der Waals surface area (Å²) >= 11 is 0. The molecule has 0 atom stereocenters. The fourth-order valence-corrected chi connectivity index (χ4v) is 2.83. The number of nitrogen functional groups attached to an aromatic ring is 1. The molecule has 130 valence electrons. The van der Waals surface area contributed by atoms with Crippen LogP contribution in [-0.2, 0) is 0 Å². The summed E-state index contributed by atoms with van der Waals surface area (Å²) in [5.41, 5.74) is 13.0. The number of piperidine rings is 1. The quantitative estimate of drug-likeness (QED) is 0.652. The largest absolute Gasteiger partial charge is 0.432 e. The van der Waals surface area contributed by atoms with Crippen LogP contribution in [0.2, 0.25) is 0 Å². The van der Waals surface area contributed by atoms with Gasteiger partial charge in [-0.15, -0.1) is 5.10 Å². The van der Waals surface area contributed by atoms with Crippen LogP contribution in [0, 0.1) is 0 Å². The number of hydrogen-bond acceptors (Lipinski definition) is 8. The predicted molar refractivity (Wildman–Crippen MR) is 94.4 cm³/mol. The van der Waals surface area contributed by atoms with Crippen molar-refractivity contribution in [3.63, 3.8) is 0 Å². The highest BCUT2D eigenvalue weighted by molar-refractivity contribution is 5.77. The summed E-state index contributed by atoms with van der Waals surface area (Å²) in [4.78, 5) is 15.2. The molecule has 0 bridgehead atoms. The van der Waals surface area contributed by atoms with Crippen LogP contribution in [0.1, 0.15) is 19.8 Å². The van der Waals surface area contributed by atoms with E-state index in [1.54, 1.807) is 24.5 Å². The van der Waals surface area contributed by atoms with E-state index in [9.17, 15) is 0 Å². The Morgan fingerprint density at radius 2 is 2.08 bits per heavy atom. The van der Waals surface area contributed by atoms with Crippen molar-refractivity contribution in [2.75, 3.05) is 23.7 Å². The number of nitrogens with two attached hydrogens (primary N) is 2. The third-order valence-corrected chi connectivity index (χ3v) is 4.46. The van der Waals surface area contributed by atoms with Crippen LogP contribution in [-0.4, -0.2) is 43.8 Å². The molecule has 9 heteroatoms. The summed E-state index contributed by atoms with van der Waals surface area (Å²) in [6.07, 6.45) is 5.17. The summed E-state index contributed by atoms with van der Waals surface area (Å²) in [7, 11) is 0. The first-order valence-electron chi connectivity index (χ1n) is 8.15. The molecule has 0 saturated carbocycles. The lowest BCUT2D eigenvalue weighted by molar-refractivity contribution is 0.363. The Morgan fingerprint density at radius 3 is 2.84 bits per heavy atom. The standard InChI is InChI=1S/C16H20N8O/c1-16(18)4-7-24(8-5-16)11-9-20-12-14(21-11)22-23-15(12)25-10-3-2-6-19-13(10)17/h2-3,6,9H,4-5,7-8,18H2,1H3,(H2,17,19)(H,21,22,23). The highest BCUT2D eigenvalue weighted by Crippen LogP contribution is 2.29. The minimum atomic E-state index is -0.104. The molecule has 1 aliphatic rings. The summed E-state index contributed by atoms with van der Waals surface area (Å²) in [6, 6.07) is 3.47. The third-order valence-electron chi connectivity index (χ3n) is 4.46. The summed E-state index contributed by atoms with van der Waals surface area (Å²) in [5, 5.41) is 7.01. The molecule has 3 aromatic rings. The Morgan fingerprint density at radius 1 is 1.28 bits per heavy atom. The van der Waals surface area contributed by atoms with Crippen molar-refractivity contribution in [3.05, 3.63) is 24.5 Å². The maximum absolute atomic E-state index is 6.19. The minimum absolute atomic E-state index is 0.104. The number of nitrogens with one attached hydrogen (secondary N) is 1. The van der Waals surface area contributed by atoms with Gasteiger partial charge in [-0.3, -0.25) is 5.10 Å². The number of hydrogen-bond donors (Lipinski definition) is 3. The zero-order chi connectivity index (χ0) is 17.4. The smallest absolute Gasteiger partial charge is 0.266 e. The molecule has 0 unspecified atom stereocenters. The maximum Gasteiger partial charge on any atom is 0.266 e. The zero-order valence-corrected chi connectivity index (χ0v) is 13.9. The lowest BCUT2D eigenvalue weighted by atomic mass is 9.91. The highest BCUT2D eigenvalue weighted by Gasteiger charge is 2.27. The zero-order valence-electron chi connectivity index (χ0n) is 13.9. The van der Waals surface area contributed by atoms with Crippen LogP contribution in [0.3, 0.4) is 0 Å². The van der Waals surface area contributed by atoms with E-state index in [0.29, 0.717) is 28.6 Å². The molecular formula is C16H20N8O. The highest BCUT2D eigenvalue weighted by atomic mass is 16.5. The first-order chi connectivity index (χ1) is 12.0. The van der Waals surface area contributed by atoms with Crippen LogP contribution in [0.5, 0.6) is 11.6 Å². The number of rotatable bonds is 3.